The van der Waals surface area contributed by atoms with Crippen molar-refractivity contribution in [1.82, 2.24) is 0 Å². The highest BCUT2D eigenvalue weighted by Gasteiger charge is 2.10. The smallest absolute Gasteiger partial charge is 0.166 e. The van der Waals surface area contributed by atoms with Crippen LogP contribution in [0.5, 0.6) is 11.5 Å². The van der Waals surface area contributed by atoms with Crippen molar-refractivity contribution in [1.29, 1.82) is 0 Å². The summed E-state index contributed by atoms with van der Waals surface area (Å²) in [7, 11) is 1.64. The third kappa shape index (κ3) is 3.36. The summed E-state index contributed by atoms with van der Waals surface area (Å²) < 4.78 is 11.0. The van der Waals surface area contributed by atoms with Gasteiger partial charge in [0.1, 0.15) is 0 Å². The first kappa shape index (κ1) is 14.5. The molecule has 4 heteroatoms. The quantitative estimate of drug-likeness (QED) is 0.858. The molecule has 2 aromatic carbocycles. The predicted molar refractivity (Wildman–Crippen MR) is 82.9 cm³/mol. The Kier molecular flexibility index (Phi) is 5.13. The van der Waals surface area contributed by atoms with Crippen molar-refractivity contribution in [2.45, 2.75) is 13.5 Å². The number of rotatable bonds is 6. The van der Waals surface area contributed by atoms with Gasteiger partial charge in [-0.05, 0) is 25.1 Å². The van der Waals surface area contributed by atoms with E-state index in [0.29, 0.717) is 18.2 Å². The lowest BCUT2D eigenvalue weighted by molar-refractivity contribution is 0.308. The third-order valence-corrected chi connectivity index (χ3v) is 3.24. The van der Waals surface area contributed by atoms with Crippen LogP contribution in [0.4, 0.5) is 5.69 Å². The van der Waals surface area contributed by atoms with Gasteiger partial charge in [0, 0.05) is 12.1 Å². The molecule has 0 spiro atoms. The lowest BCUT2D eigenvalue weighted by atomic mass is 10.1. The van der Waals surface area contributed by atoms with Crippen molar-refractivity contribution in [2.75, 3.05) is 19.0 Å². The van der Waals surface area contributed by atoms with Gasteiger partial charge >= 0.3 is 0 Å². The topological polar surface area (TPSA) is 30.5 Å². The van der Waals surface area contributed by atoms with Crippen LogP contribution < -0.4 is 14.8 Å². The molecule has 0 bridgehead atoms. The van der Waals surface area contributed by atoms with E-state index in [4.69, 9.17) is 21.1 Å². The second-order valence-corrected chi connectivity index (χ2v) is 4.62. The van der Waals surface area contributed by atoms with Gasteiger partial charge < -0.3 is 14.8 Å². The zero-order chi connectivity index (χ0) is 14.4. The van der Waals surface area contributed by atoms with Crippen LogP contribution >= 0.6 is 11.6 Å². The van der Waals surface area contributed by atoms with E-state index in [-0.39, 0.29) is 0 Å². The van der Waals surface area contributed by atoms with E-state index < -0.39 is 0 Å². The van der Waals surface area contributed by atoms with Gasteiger partial charge in [-0.25, -0.2) is 0 Å². The number of nitrogens with one attached hydrogen (secondary N) is 1. The molecule has 3 nitrogen and oxygen atoms in total. The van der Waals surface area contributed by atoms with Crippen molar-refractivity contribution in [2.24, 2.45) is 0 Å². The van der Waals surface area contributed by atoms with Gasteiger partial charge in [-0.15, -0.1) is 0 Å². The molecule has 0 aliphatic rings. The van der Waals surface area contributed by atoms with Crippen molar-refractivity contribution >= 4 is 17.3 Å². The fourth-order valence-electron chi connectivity index (χ4n) is 1.96. The molecule has 106 valence electrons. The standard InChI is InChI=1S/C16H18ClNO2/c1-3-20-16-12(7-6-10-15(16)19-2)11-18-14-9-5-4-8-13(14)17/h4-10,18H,3,11H2,1-2H3. The second kappa shape index (κ2) is 7.06. The molecule has 0 saturated carbocycles. The van der Waals surface area contributed by atoms with E-state index in [1.165, 1.54) is 0 Å². The van der Waals surface area contributed by atoms with E-state index in [1.54, 1.807) is 7.11 Å². The van der Waals surface area contributed by atoms with Crippen LogP contribution in [0, 0.1) is 0 Å². The van der Waals surface area contributed by atoms with E-state index in [9.17, 15) is 0 Å². The Morgan fingerprint density at radius 2 is 1.90 bits per heavy atom. The summed E-state index contributed by atoms with van der Waals surface area (Å²) in [5, 5.41) is 4.01. The number of ether oxygens (including phenoxy) is 2. The molecule has 0 heterocycles. The van der Waals surface area contributed by atoms with Crippen molar-refractivity contribution in [3.05, 3.63) is 53.1 Å². The summed E-state index contributed by atoms with van der Waals surface area (Å²) in [4.78, 5) is 0. The molecule has 0 saturated heterocycles. The SMILES string of the molecule is CCOc1c(CNc2ccccc2Cl)cccc1OC. The Morgan fingerprint density at radius 3 is 2.60 bits per heavy atom. The van der Waals surface area contributed by atoms with Crippen molar-refractivity contribution < 1.29 is 9.47 Å². The molecule has 2 aromatic rings. The first-order valence-corrected chi connectivity index (χ1v) is 6.91. The highest BCUT2D eigenvalue weighted by molar-refractivity contribution is 6.33. The number of anilines is 1. The molecule has 20 heavy (non-hydrogen) atoms. The number of para-hydroxylation sites is 2. The molecular weight excluding hydrogens is 274 g/mol. The molecule has 2 rings (SSSR count). The van der Waals surface area contributed by atoms with Gasteiger partial charge in [-0.3, -0.25) is 0 Å². The number of halogens is 1. The van der Waals surface area contributed by atoms with E-state index in [2.05, 4.69) is 5.32 Å². The zero-order valence-electron chi connectivity index (χ0n) is 11.7. The zero-order valence-corrected chi connectivity index (χ0v) is 12.4. The Balaban J connectivity index is 2.19. The number of benzene rings is 2. The fraction of sp³-hybridized carbons (Fsp3) is 0.250. The van der Waals surface area contributed by atoms with Gasteiger partial charge in [-0.2, -0.15) is 0 Å². The highest BCUT2D eigenvalue weighted by atomic mass is 35.5. The number of methoxy groups -OCH3 is 1. The lowest BCUT2D eigenvalue weighted by Crippen LogP contribution is -2.05. The van der Waals surface area contributed by atoms with Gasteiger partial charge in [0.2, 0.25) is 0 Å². The summed E-state index contributed by atoms with van der Waals surface area (Å²) in [6.07, 6.45) is 0. The molecule has 0 aliphatic carbocycles. The van der Waals surface area contributed by atoms with Gasteiger partial charge in [0.15, 0.2) is 11.5 Å². The lowest BCUT2D eigenvalue weighted by Gasteiger charge is -2.15. The Hall–Kier alpha value is -1.87. The maximum absolute atomic E-state index is 6.13. The minimum absolute atomic E-state index is 0.597. The molecule has 0 aliphatic heterocycles. The first-order chi connectivity index (χ1) is 9.76. The number of hydrogen-bond acceptors (Lipinski definition) is 3. The molecule has 0 aromatic heterocycles. The average molecular weight is 292 g/mol. The van der Waals surface area contributed by atoms with Crippen LogP contribution in [0.15, 0.2) is 42.5 Å². The third-order valence-electron chi connectivity index (χ3n) is 2.91. The van der Waals surface area contributed by atoms with E-state index in [0.717, 1.165) is 22.7 Å². The van der Waals surface area contributed by atoms with Crippen LogP contribution in [0.3, 0.4) is 0 Å². The molecule has 0 amide bonds. The molecule has 0 unspecified atom stereocenters. The minimum Gasteiger partial charge on any atom is -0.493 e. The Bertz CT molecular complexity index is 572. The van der Waals surface area contributed by atoms with Crippen LogP contribution in [-0.2, 0) is 6.54 Å². The second-order valence-electron chi connectivity index (χ2n) is 4.21. The summed E-state index contributed by atoms with van der Waals surface area (Å²) in [5.41, 5.74) is 1.94. The minimum atomic E-state index is 0.597. The van der Waals surface area contributed by atoms with Crippen LogP contribution in [-0.4, -0.2) is 13.7 Å². The van der Waals surface area contributed by atoms with E-state index in [1.807, 2.05) is 49.4 Å². The molecular formula is C16H18ClNO2. The summed E-state index contributed by atoms with van der Waals surface area (Å²) in [6, 6.07) is 13.5. The van der Waals surface area contributed by atoms with Crippen LogP contribution in [0.2, 0.25) is 5.02 Å². The van der Waals surface area contributed by atoms with Crippen LogP contribution in [0.25, 0.3) is 0 Å². The van der Waals surface area contributed by atoms with Gasteiger partial charge in [0.25, 0.3) is 0 Å². The van der Waals surface area contributed by atoms with E-state index >= 15 is 0 Å². The summed E-state index contributed by atoms with van der Waals surface area (Å²) in [5.74, 6) is 1.52. The maximum atomic E-state index is 6.13. The fourth-order valence-corrected chi connectivity index (χ4v) is 2.17. The summed E-state index contributed by atoms with van der Waals surface area (Å²) >= 11 is 6.13. The van der Waals surface area contributed by atoms with Crippen molar-refractivity contribution in [3.63, 3.8) is 0 Å². The highest BCUT2D eigenvalue weighted by Crippen LogP contribution is 2.32. The Labute approximate surface area is 124 Å². The average Bonchev–Trinajstić information content (AvgIpc) is 2.47. The monoisotopic (exact) mass is 291 g/mol. The molecule has 0 radical (unpaired) electrons. The molecule has 0 fully saturated rings. The normalized spacial score (nSPS) is 10.2. The molecule has 0 atom stereocenters. The predicted octanol–water partition coefficient (Wildman–Crippen LogP) is 4.36. The maximum Gasteiger partial charge on any atom is 0.166 e. The van der Waals surface area contributed by atoms with Gasteiger partial charge in [-0.1, -0.05) is 35.9 Å². The Morgan fingerprint density at radius 1 is 1.10 bits per heavy atom. The van der Waals surface area contributed by atoms with Crippen molar-refractivity contribution in [3.8, 4) is 11.5 Å². The summed E-state index contributed by atoms with van der Waals surface area (Å²) in [6.45, 7) is 3.17. The molecule has 1 N–H and O–H groups in total. The largest absolute Gasteiger partial charge is 0.493 e. The van der Waals surface area contributed by atoms with Gasteiger partial charge in [0.05, 0.1) is 24.4 Å². The first-order valence-electron chi connectivity index (χ1n) is 6.53. The number of hydrogen-bond donors (Lipinski definition) is 1. The van der Waals surface area contributed by atoms with Crippen LogP contribution in [0.1, 0.15) is 12.5 Å².